The predicted octanol–water partition coefficient (Wildman–Crippen LogP) is 3.22. The Bertz CT molecular complexity index is 428. The van der Waals surface area contributed by atoms with Crippen LogP contribution in [-0.2, 0) is 4.74 Å². The van der Waals surface area contributed by atoms with Crippen molar-refractivity contribution < 1.29 is 9.47 Å². The molecule has 1 saturated heterocycles. The second-order valence-electron chi connectivity index (χ2n) is 4.26. The van der Waals surface area contributed by atoms with E-state index in [1.807, 2.05) is 24.3 Å². The molecular formula is C15H17ClO2. The zero-order valence-electron chi connectivity index (χ0n) is 10.3. The summed E-state index contributed by atoms with van der Waals surface area (Å²) in [5.41, 5.74) is 0.928. The van der Waals surface area contributed by atoms with Gasteiger partial charge in [-0.1, -0.05) is 17.9 Å². The Morgan fingerprint density at radius 3 is 3.11 bits per heavy atom. The van der Waals surface area contributed by atoms with E-state index < -0.39 is 0 Å². The molecule has 1 unspecified atom stereocenters. The van der Waals surface area contributed by atoms with Gasteiger partial charge < -0.3 is 9.47 Å². The molecule has 0 aromatic heterocycles. The number of rotatable bonds is 3. The van der Waals surface area contributed by atoms with Crippen LogP contribution in [0.25, 0.3) is 0 Å². The van der Waals surface area contributed by atoms with E-state index >= 15 is 0 Å². The van der Waals surface area contributed by atoms with Crippen molar-refractivity contribution in [1.82, 2.24) is 0 Å². The molecule has 0 bridgehead atoms. The van der Waals surface area contributed by atoms with Crippen molar-refractivity contribution in [3.05, 3.63) is 29.8 Å². The maximum absolute atomic E-state index is 5.74. The summed E-state index contributed by atoms with van der Waals surface area (Å²) in [5, 5.41) is 0. The van der Waals surface area contributed by atoms with Gasteiger partial charge in [-0.05, 0) is 37.5 Å². The summed E-state index contributed by atoms with van der Waals surface area (Å²) < 4.78 is 11.4. The van der Waals surface area contributed by atoms with Crippen LogP contribution >= 0.6 is 11.6 Å². The minimum Gasteiger partial charge on any atom is -0.491 e. The number of alkyl halides is 1. The zero-order chi connectivity index (χ0) is 12.6. The molecule has 1 atom stereocenters. The Labute approximate surface area is 113 Å². The first-order valence-corrected chi connectivity index (χ1v) is 6.81. The van der Waals surface area contributed by atoms with Crippen molar-refractivity contribution in [3.63, 3.8) is 0 Å². The first-order valence-electron chi connectivity index (χ1n) is 6.28. The normalized spacial score (nSPS) is 18.8. The topological polar surface area (TPSA) is 18.5 Å². The van der Waals surface area contributed by atoms with Crippen LogP contribution < -0.4 is 4.74 Å². The van der Waals surface area contributed by atoms with Gasteiger partial charge in [0.2, 0.25) is 0 Å². The van der Waals surface area contributed by atoms with Crippen LogP contribution in [0, 0.1) is 11.8 Å². The minimum atomic E-state index is 0.233. The fourth-order valence-electron chi connectivity index (χ4n) is 1.93. The van der Waals surface area contributed by atoms with E-state index in [2.05, 4.69) is 11.8 Å². The lowest BCUT2D eigenvalue weighted by Crippen LogP contribution is -2.25. The molecule has 1 aliphatic rings. The maximum Gasteiger partial charge on any atom is 0.120 e. The molecule has 0 saturated carbocycles. The van der Waals surface area contributed by atoms with Crippen LogP contribution in [0.5, 0.6) is 5.75 Å². The summed E-state index contributed by atoms with van der Waals surface area (Å²) in [6.45, 7) is 1.47. The number of benzene rings is 1. The lowest BCUT2D eigenvalue weighted by atomic mass is 10.1. The fraction of sp³-hybridized carbons (Fsp3) is 0.467. The third kappa shape index (κ3) is 4.25. The Balaban J connectivity index is 1.88. The Kier molecular flexibility index (Phi) is 5.38. The summed E-state index contributed by atoms with van der Waals surface area (Å²) >= 11 is 5.53. The van der Waals surface area contributed by atoms with Crippen LogP contribution in [0.4, 0.5) is 0 Å². The molecule has 1 aromatic carbocycles. The molecule has 0 aliphatic carbocycles. The summed E-state index contributed by atoms with van der Waals surface area (Å²) in [7, 11) is 0. The van der Waals surface area contributed by atoms with Crippen molar-refractivity contribution in [2.45, 2.75) is 25.4 Å². The number of hydrogen-bond acceptors (Lipinski definition) is 2. The lowest BCUT2D eigenvalue weighted by Gasteiger charge is -2.22. The third-order valence-corrected chi connectivity index (χ3v) is 2.98. The van der Waals surface area contributed by atoms with E-state index in [0.29, 0.717) is 12.5 Å². The Morgan fingerprint density at radius 1 is 1.39 bits per heavy atom. The molecule has 0 amide bonds. The molecule has 0 spiro atoms. The zero-order valence-corrected chi connectivity index (χ0v) is 11.1. The van der Waals surface area contributed by atoms with Gasteiger partial charge in [0, 0.05) is 12.2 Å². The molecule has 1 heterocycles. The number of halogens is 1. The third-order valence-electron chi connectivity index (χ3n) is 2.84. The molecule has 2 rings (SSSR count). The highest BCUT2D eigenvalue weighted by molar-refractivity contribution is 6.19. The molecule has 1 aromatic rings. The summed E-state index contributed by atoms with van der Waals surface area (Å²) in [6, 6.07) is 7.76. The van der Waals surface area contributed by atoms with Gasteiger partial charge in [-0.25, -0.2) is 0 Å². The van der Waals surface area contributed by atoms with E-state index in [1.165, 1.54) is 12.8 Å². The molecule has 18 heavy (non-hydrogen) atoms. The van der Waals surface area contributed by atoms with E-state index in [4.69, 9.17) is 21.1 Å². The maximum atomic E-state index is 5.74. The van der Waals surface area contributed by atoms with E-state index in [-0.39, 0.29) is 6.10 Å². The highest BCUT2D eigenvalue weighted by Gasteiger charge is 2.14. The smallest absolute Gasteiger partial charge is 0.120 e. The van der Waals surface area contributed by atoms with Gasteiger partial charge in [0.05, 0.1) is 12.0 Å². The van der Waals surface area contributed by atoms with Crippen molar-refractivity contribution in [2.75, 3.05) is 19.1 Å². The summed E-state index contributed by atoms with van der Waals surface area (Å²) in [6.07, 6.45) is 3.72. The molecule has 1 aliphatic heterocycles. The second kappa shape index (κ2) is 7.31. The quantitative estimate of drug-likeness (QED) is 0.616. The summed E-state index contributed by atoms with van der Waals surface area (Å²) in [5.74, 6) is 7.00. The average Bonchev–Trinajstić information content (AvgIpc) is 2.44. The molecule has 0 radical (unpaired) electrons. The number of ether oxygens (including phenoxy) is 2. The van der Waals surface area contributed by atoms with Crippen molar-refractivity contribution in [3.8, 4) is 17.6 Å². The molecule has 96 valence electrons. The predicted molar refractivity (Wildman–Crippen MR) is 73.1 cm³/mol. The van der Waals surface area contributed by atoms with Crippen LogP contribution in [0.1, 0.15) is 24.8 Å². The van der Waals surface area contributed by atoms with Gasteiger partial charge in [-0.2, -0.15) is 0 Å². The van der Waals surface area contributed by atoms with Crippen molar-refractivity contribution >= 4 is 11.6 Å². The molecule has 0 N–H and O–H groups in total. The van der Waals surface area contributed by atoms with E-state index in [9.17, 15) is 0 Å². The first-order chi connectivity index (χ1) is 8.88. The first kappa shape index (κ1) is 13.3. The molecule has 3 heteroatoms. The number of hydrogen-bond donors (Lipinski definition) is 0. The minimum absolute atomic E-state index is 0.233. The van der Waals surface area contributed by atoms with Gasteiger partial charge in [0.15, 0.2) is 0 Å². The van der Waals surface area contributed by atoms with Gasteiger partial charge in [0.25, 0.3) is 0 Å². The van der Waals surface area contributed by atoms with Crippen LogP contribution in [0.2, 0.25) is 0 Å². The van der Waals surface area contributed by atoms with Crippen LogP contribution in [0.15, 0.2) is 24.3 Å². The fourth-order valence-corrected chi connectivity index (χ4v) is 1.99. The molecule has 2 nitrogen and oxygen atoms in total. The van der Waals surface area contributed by atoms with Gasteiger partial charge in [-0.15, -0.1) is 11.6 Å². The summed E-state index contributed by atoms with van der Waals surface area (Å²) in [4.78, 5) is 0. The SMILES string of the molecule is ClCC#Cc1cccc(OCC2CCCCO2)c1. The standard InChI is InChI=1S/C15H17ClO2/c16-9-4-6-13-5-3-8-14(11-13)18-12-15-7-1-2-10-17-15/h3,5,8,11,15H,1-2,7,9-10,12H2. The highest BCUT2D eigenvalue weighted by atomic mass is 35.5. The van der Waals surface area contributed by atoms with E-state index in [0.717, 1.165) is 24.3 Å². The van der Waals surface area contributed by atoms with Crippen LogP contribution in [-0.4, -0.2) is 25.2 Å². The molecule has 1 fully saturated rings. The van der Waals surface area contributed by atoms with Crippen molar-refractivity contribution in [2.24, 2.45) is 0 Å². The average molecular weight is 265 g/mol. The monoisotopic (exact) mass is 264 g/mol. The Morgan fingerprint density at radius 2 is 2.33 bits per heavy atom. The lowest BCUT2D eigenvalue weighted by molar-refractivity contribution is -0.0110. The van der Waals surface area contributed by atoms with E-state index in [1.54, 1.807) is 0 Å². The van der Waals surface area contributed by atoms with Crippen LogP contribution in [0.3, 0.4) is 0 Å². The van der Waals surface area contributed by atoms with Crippen molar-refractivity contribution in [1.29, 1.82) is 0 Å². The van der Waals surface area contributed by atoms with Gasteiger partial charge >= 0.3 is 0 Å². The van der Waals surface area contributed by atoms with Gasteiger partial charge in [-0.3, -0.25) is 0 Å². The Hall–Kier alpha value is -1.17. The largest absolute Gasteiger partial charge is 0.491 e. The second-order valence-corrected chi connectivity index (χ2v) is 4.53. The highest BCUT2D eigenvalue weighted by Crippen LogP contribution is 2.17. The molecular weight excluding hydrogens is 248 g/mol. The van der Waals surface area contributed by atoms with Gasteiger partial charge in [0.1, 0.15) is 12.4 Å².